The number of aliphatic imine (C=N–C) groups is 1. The average molecular weight is 606 g/mol. The summed E-state index contributed by atoms with van der Waals surface area (Å²) in [5, 5.41) is 19.6. The number of rotatable bonds is 13. The topological polar surface area (TPSA) is 113 Å². The number of fused-ring (bicyclic) bond motifs is 2. The number of carboxylic acids is 2. The number of carboxylic acid groups (broad SMARTS) is 2. The quantitative estimate of drug-likeness (QED) is 0.149. The van der Waals surface area contributed by atoms with Crippen molar-refractivity contribution >= 4 is 29.0 Å². The average Bonchev–Trinajstić information content (AvgIpc) is 3.06. The second kappa shape index (κ2) is 14.0. The van der Waals surface area contributed by atoms with Crippen LogP contribution in [0.25, 0.3) is 5.57 Å². The highest BCUT2D eigenvalue weighted by molar-refractivity contribution is 6.31. The third-order valence-corrected chi connectivity index (χ3v) is 8.53. The van der Waals surface area contributed by atoms with Gasteiger partial charge in [-0.1, -0.05) is 94.1 Å². The maximum absolute atomic E-state index is 14.1. The standard InChI is InChI=1S/C38H39NO6/c1-3-5-7-11-21-45-38(18-16-26(17-19-38)25-12-9-8-10-13-25)27-14-15-28-30(22-27)35(40)31-24-33(37(43)44)32(36(41)42)23-29(31)34(28)39-20-6-4-2/h8-10,12-18,22-24H,3-7,11,19-21H2,1-2H3,(H,41,42)(H,43,44). The molecule has 0 saturated heterocycles. The zero-order valence-corrected chi connectivity index (χ0v) is 25.8. The van der Waals surface area contributed by atoms with Crippen molar-refractivity contribution in [1.82, 2.24) is 0 Å². The summed E-state index contributed by atoms with van der Waals surface area (Å²) in [5.74, 6) is -3.15. The van der Waals surface area contributed by atoms with Crippen LogP contribution in [-0.4, -0.2) is 46.8 Å². The molecule has 0 fully saturated rings. The van der Waals surface area contributed by atoms with E-state index in [4.69, 9.17) is 9.73 Å². The van der Waals surface area contributed by atoms with E-state index >= 15 is 0 Å². The van der Waals surface area contributed by atoms with Gasteiger partial charge in [-0.05, 0) is 53.8 Å². The van der Waals surface area contributed by atoms with Gasteiger partial charge in [0.25, 0.3) is 0 Å². The fourth-order valence-corrected chi connectivity index (χ4v) is 6.00. The van der Waals surface area contributed by atoms with Gasteiger partial charge in [0, 0.05) is 41.8 Å². The fourth-order valence-electron chi connectivity index (χ4n) is 6.00. The minimum absolute atomic E-state index is 0.136. The number of carbonyl (C=O) groups excluding carboxylic acids is 1. The molecule has 0 spiro atoms. The Labute approximate surface area is 264 Å². The molecular weight excluding hydrogens is 566 g/mol. The minimum atomic E-state index is -1.41. The Balaban J connectivity index is 1.60. The van der Waals surface area contributed by atoms with Crippen LogP contribution in [0.1, 0.15) is 118 Å². The second-order valence-electron chi connectivity index (χ2n) is 11.6. The molecule has 0 saturated carbocycles. The zero-order chi connectivity index (χ0) is 32.0. The van der Waals surface area contributed by atoms with Crippen LogP contribution in [0.5, 0.6) is 0 Å². The molecule has 0 aliphatic heterocycles. The number of nitrogens with zero attached hydrogens (tertiary/aromatic N) is 1. The van der Waals surface area contributed by atoms with Crippen molar-refractivity contribution in [3.8, 4) is 0 Å². The molecule has 1 atom stereocenters. The van der Waals surface area contributed by atoms with Crippen molar-refractivity contribution in [3.63, 3.8) is 0 Å². The highest BCUT2D eigenvalue weighted by atomic mass is 16.5. The summed E-state index contributed by atoms with van der Waals surface area (Å²) in [4.78, 5) is 42.9. The molecule has 2 N–H and O–H groups in total. The summed E-state index contributed by atoms with van der Waals surface area (Å²) in [7, 11) is 0. The van der Waals surface area contributed by atoms with E-state index in [1.54, 1.807) is 0 Å². The van der Waals surface area contributed by atoms with Crippen molar-refractivity contribution in [1.29, 1.82) is 0 Å². The van der Waals surface area contributed by atoms with Crippen LogP contribution in [0, 0.1) is 0 Å². The first-order valence-electron chi connectivity index (χ1n) is 15.8. The van der Waals surface area contributed by atoms with Gasteiger partial charge in [0.05, 0.1) is 16.8 Å². The number of ketones is 1. The van der Waals surface area contributed by atoms with E-state index in [2.05, 4.69) is 44.2 Å². The number of ether oxygens (including phenoxy) is 1. The first-order chi connectivity index (χ1) is 21.8. The number of allylic oxidation sites excluding steroid dienone is 2. The molecule has 7 nitrogen and oxygen atoms in total. The van der Waals surface area contributed by atoms with Gasteiger partial charge in [0.1, 0.15) is 5.60 Å². The molecule has 3 aromatic carbocycles. The molecule has 232 valence electrons. The Kier molecular flexibility index (Phi) is 9.89. The molecule has 0 amide bonds. The Morgan fingerprint density at radius 1 is 0.822 bits per heavy atom. The van der Waals surface area contributed by atoms with Gasteiger partial charge < -0.3 is 14.9 Å². The Morgan fingerprint density at radius 2 is 1.51 bits per heavy atom. The summed E-state index contributed by atoms with van der Waals surface area (Å²) in [6.45, 7) is 5.28. The van der Waals surface area contributed by atoms with Crippen LogP contribution < -0.4 is 0 Å². The zero-order valence-electron chi connectivity index (χ0n) is 25.8. The molecule has 2 aliphatic rings. The lowest BCUT2D eigenvalue weighted by Gasteiger charge is -2.34. The van der Waals surface area contributed by atoms with Gasteiger partial charge in [-0.25, -0.2) is 9.59 Å². The summed E-state index contributed by atoms with van der Waals surface area (Å²) < 4.78 is 6.67. The molecule has 1 unspecified atom stereocenters. The number of hydrogen-bond donors (Lipinski definition) is 2. The molecule has 5 rings (SSSR count). The third-order valence-electron chi connectivity index (χ3n) is 8.53. The molecule has 0 radical (unpaired) electrons. The molecule has 0 aromatic heterocycles. The summed E-state index contributed by atoms with van der Waals surface area (Å²) in [5.41, 5.74) is 3.42. The fraction of sp³-hybridized carbons (Fsp3) is 0.316. The molecule has 0 bridgehead atoms. The number of carbonyl (C=O) groups is 3. The number of hydrogen-bond acceptors (Lipinski definition) is 5. The summed E-state index contributed by atoms with van der Waals surface area (Å²) in [6, 6.07) is 18.3. The highest BCUT2D eigenvalue weighted by Crippen LogP contribution is 2.40. The van der Waals surface area contributed by atoms with Crippen LogP contribution >= 0.6 is 0 Å². The largest absolute Gasteiger partial charge is 0.478 e. The van der Waals surface area contributed by atoms with Crippen molar-refractivity contribution in [2.24, 2.45) is 4.99 Å². The van der Waals surface area contributed by atoms with Gasteiger partial charge >= 0.3 is 11.9 Å². The van der Waals surface area contributed by atoms with Gasteiger partial charge in [0.15, 0.2) is 5.78 Å². The first-order valence-corrected chi connectivity index (χ1v) is 15.8. The summed E-state index contributed by atoms with van der Waals surface area (Å²) in [6.07, 6.45) is 12.9. The molecule has 45 heavy (non-hydrogen) atoms. The number of aromatic carboxylic acids is 2. The molecular formula is C38H39NO6. The Bertz CT molecular complexity index is 1700. The van der Waals surface area contributed by atoms with Crippen LogP contribution in [0.15, 0.2) is 83.9 Å². The summed E-state index contributed by atoms with van der Waals surface area (Å²) >= 11 is 0. The van der Waals surface area contributed by atoms with E-state index in [9.17, 15) is 24.6 Å². The Morgan fingerprint density at radius 3 is 2.16 bits per heavy atom. The van der Waals surface area contributed by atoms with Gasteiger partial charge in [-0.2, -0.15) is 0 Å². The first kappa shape index (κ1) is 31.8. The van der Waals surface area contributed by atoms with Gasteiger partial charge in [0.2, 0.25) is 0 Å². The van der Waals surface area contributed by atoms with Crippen molar-refractivity contribution in [2.75, 3.05) is 13.2 Å². The van der Waals surface area contributed by atoms with E-state index in [0.717, 1.165) is 55.2 Å². The smallest absolute Gasteiger partial charge is 0.336 e. The monoisotopic (exact) mass is 605 g/mol. The molecule has 7 heteroatoms. The lowest BCUT2D eigenvalue weighted by Crippen LogP contribution is -2.31. The lowest BCUT2D eigenvalue weighted by molar-refractivity contribution is -0.0129. The molecule has 0 heterocycles. The van der Waals surface area contributed by atoms with E-state index in [-0.39, 0.29) is 16.9 Å². The van der Waals surface area contributed by atoms with Crippen molar-refractivity contribution < 1.29 is 29.3 Å². The maximum Gasteiger partial charge on any atom is 0.336 e. The normalized spacial score (nSPS) is 18.0. The lowest BCUT2D eigenvalue weighted by atomic mass is 9.77. The van der Waals surface area contributed by atoms with E-state index in [1.807, 2.05) is 36.4 Å². The van der Waals surface area contributed by atoms with E-state index in [0.29, 0.717) is 42.0 Å². The van der Waals surface area contributed by atoms with Crippen molar-refractivity contribution in [2.45, 2.75) is 64.4 Å². The predicted octanol–water partition coefficient (Wildman–Crippen LogP) is 8.10. The van der Waals surface area contributed by atoms with Crippen LogP contribution in [0.3, 0.4) is 0 Å². The second-order valence-corrected chi connectivity index (χ2v) is 11.6. The van der Waals surface area contributed by atoms with E-state index < -0.39 is 23.1 Å². The number of unbranched alkanes of at least 4 members (excludes halogenated alkanes) is 4. The highest BCUT2D eigenvalue weighted by Gasteiger charge is 2.36. The van der Waals surface area contributed by atoms with Gasteiger partial charge in [-0.3, -0.25) is 9.79 Å². The molecule has 2 aliphatic carbocycles. The van der Waals surface area contributed by atoms with E-state index in [1.165, 1.54) is 12.1 Å². The number of benzene rings is 3. The Hall–Kier alpha value is -4.62. The maximum atomic E-state index is 14.1. The van der Waals surface area contributed by atoms with Crippen LogP contribution in [0.2, 0.25) is 0 Å². The van der Waals surface area contributed by atoms with Crippen LogP contribution in [0.4, 0.5) is 0 Å². The third kappa shape index (κ3) is 6.59. The van der Waals surface area contributed by atoms with Gasteiger partial charge in [-0.15, -0.1) is 0 Å². The van der Waals surface area contributed by atoms with Crippen LogP contribution in [-0.2, 0) is 10.3 Å². The minimum Gasteiger partial charge on any atom is -0.478 e. The SMILES string of the molecule is CCCCCCOC1(c2ccc3c(c2)C(=O)c2cc(C(=O)O)c(C(=O)O)cc2C3=NCCCC)C=CC(c2ccccc2)=CC1. The molecule has 3 aromatic rings. The van der Waals surface area contributed by atoms with Crippen molar-refractivity contribution in [3.05, 3.63) is 123 Å². The predicted molar refractivity (Wildman–Crippen MR) is 176 cm³/mol.